The van der Waals surface area contributed by atoms with Crippen molar-refractivity contribution in [3.63, 3.8) is 0 Å². The van der Waals surface area contributed by atoms with E-state index in [1.165, 1.54) is 0 Å². The lowest BCUT2D eigenvalue weighted by Crippen LogP contribution is -2.48. The molecule has 30 heavy (non-hydrogen) atoms. The molecule has 7 heteroatoms. The number of sulfone groups is 1. The summed E-state index contributed by atoms with van der Waals surface area (Å²) in [6, 6.07) is 7.98. The Morgan fingerprint density at radius 3 is 2.87 bits per heavy atom. The van der Waals surface area contributed by atoms with E-state index in [1.54, 1.807) is 0 Å². The SMILES string of the molecule is C=CCN1CCCC2(CC1)CN(C(=O)CC1CCS(=O)(=O)C1)Cc1ccccc1O2. The molecule has 4 rings (SSSR count). The normalized spacial score (nSPS) is 28.9. The number of nitrogens with zero attached hydrogens (tertiary/aromatic N) is 2. The average molecular weight is 433 g/mol. The molecule has 0 aromatic heterocycles. The van der Waals surface area contributed by atoms with Crippen molar-refractivity contribution >= 4 is 15.7 Å². The maximum Gasteiger partial charge on any atom is 0.223 e. The number of benzene rings is 1. The van der Waals surface area contributed by atoms with E-state index in [-0.39, 0.29) is 23.3 Å². The predicted octanol–water partition coefficient (Wildman–Crippen LogP) is 2.64. The fourth-order valence-electron chi connectivity index (χ4n) is 5.04. The quantitative estimate of drug-likeness (QED) is 0.685. The smallest absolute Gasteiger partial charge is 0.223 e. The molecule has 6 nitrogen and oxygen atoms in total. The number of hydrogen-bond acceptors (Lipinski definition) is 5. The van der Waals surface area contributed by atoms with Gasteiger partial charge in [0.1, 0.15) is 11.4 Å². The van der Waals surface area contributed by atoms with E-state index >= 15 is 0 Å². The molecule has 1 spiro atoms. The van der Waals surface area contributed by atoms with Gasteiger partial charge >= 0.3 is 0 Å². The standard InChI is InChI=1S/C23H32N2O4S/c1-2-11-24-12-5-9-23(10-13-24)18-25(16-20-6-3-4-7-21(20)29-23)22(26)15-19-8-14-30(27,28)17-19/h2-4,6-7,19H,1,5,8-18H2. The zero-order chi connectivity index (χ0) is 21.2. The van der Waals surface area contributed by atoms with E-state index in [1.807, 2.05) is 35.2 Å². The second-order valence-corrected chi connectivity index (χ2v) is 11.3. The summed E-state index contributed by atoms with van der Waals surface area (Å²) in [5.41, 5.74) is 0.619. The van der Waals surface area contributed by atoms with Gasteiger partial charge in [0, 0.05) is 38.0 Å². The largest absolute Gasteiger partial charge is 0.485 e. The van der Waals surface area contributed by atoms with Crippen LogP contribution in [0.4, 0.5) is 0 Å². The molecule has 1 aromatic rings. The van der Waals surface area contributed by atoms with Crippen molar-refractivity contribution in [1.82, 2.24) is 9.80 Å². The van der Waals surface area contributed by atoms with Gasteiger partial charge in [0.15, 0.2) is 9.84 Å². The lowest BCUT2D eigenvalue weighted by atomic mass is 9.93. The molecule has 1 amide bonds. The van der Waals surface area contributed by atoms with E-state index in [9.17, 15) is 13.2 Å². The molecular weight excluding hydrogens is 400 g/mol. The van der Waals surface area contributed by atoms with Gasteiger partial charge in [-0.1, -0.05) is 24.3 Å². The van der Waals surface area contributed by atoms with Crippen LogP contribution in [0.15, 0.2) is 36.9 Å². The van der Waals surface area contributed by atoms with Crippen LogP contribution < -0.4 is 4.74 Å². The van der Waals surface area contributed by atoms with Gasteiger partial charge in [0.2, 0.25) is 5.91 Å². The number of hydrogen-bond donors (Lipinski definition) is 0. The van der Waals surface area contributed by atoms with E-state index in [4.69, 9.17) is 4.74 Å². The first kappa shape index (κ1) is 21.4. The Labute approximate surface area is 179 Å². The molecule has 3 heterocycles. The molecule has 0 aliphatic carbocycles. The molecule has 1 aromatic carbocycles. The molecule has 164 valence electrons. The van der Waals surface area contributed by atoms with Gasteiger partial charge in [-0.3, -0.25) is 9.69 Å². The van der Waals surface area contributed by atoms with Crippen LogP contribution in [-0.4, -0.2) is 67.4 Å². The molecule has 3 aliphatic heterocycles. The Morgan fingerprint density at radius 1 is 1.27 bits per heavy atom. The topological polar surface area (TPSA) is 66.9 Å². The van der Waals surface area contributed by atoms with Gasteiger partial charge < -0.3 is 9.64 Å². The Morgan fingerprint density at radius 2 is 2.10 bits per heavy atom. The van der Waals surface area contributed by atoms with Gasteiger partial charge in [-0.25, -0.2) is 8.42 Å². The van der Waals surface area contributed by atoms with E-state index in [2.05, 4.69) is 11.5 Å². The number of amides is 1. The minimum atomic E-state index is -2.98. The summed E-state index contributed by atoms with van der Waals surface area (Å²) >= 11 is 0. The Kier molecular flexibility index (Phi) is 6.21. The molecule has 0 bridgehead atoms. The summed E-state index contributed by atoms with van der Waals surface area (Å²) < 4.78 is 30.3. The molecule has 2 fully saturated rings. The van der Waals surface area contributed by atoms with Crippen molar-refractivity contribution < 1.29 is 17.9 Å². The van der Waals surface area contributed by atoms with Crippen molar-refractivity contribution in [3.05, 3.63) is 42.5 Å². The highest BCUT2D eigenvalue weighted by Gasteiger charge is 2.41. The van der Waals surface area contributed by atoms with E-state index in [0.29, 0.717) is 25.9 Å². The minimum Gasteiger partial charge on any atom is -0.485 e. The molecule has 3 aliphatic rings. The maximum absolute atomic E-state index is 13.3. The van der Waals surface area contributed by atoms with Crippen LogP contribution in [0.3, 0.4) is 0 Å². The van der Waals surface area contributed by atoms with E-state index < -0.39 is 15.4 Å². The van der Waals surface area contributed by atoms with Crippen LogP contribution in [0.5, 0.6) is 5.75 Å². The summed E-state index contributed by atoms with van der Waals surface area (Å²) in [4.78, 5) is 17.6. The first-order valence-electron chi connectivity index (χ1n) is 11.0. The lowest BCUT2D eigenvalue weighted by molar-refractivity contribution is -0.135. The molecule has 0 N–H and O–H groups in total. The third kappa shape index (κ3) is 4.89. The monoisotopic (exact) mass is 432 g/mol. The summed E-state index contributed by atoms with van der Waals surface area (Å²) in [6.07, 6.45) is 5.61. The van der Waals surface area contributed by atoms with Gasteiger partial charge in [-0.15, -0.1) is 6.58 Å². The first-order chi connectivity index (χ1) is 14.4. The fraction of sp³-hybridized carbons (Fsp3) is 0.609. The first-order valence-corrected chi connectivity index (χ1v) is 12.8. The van der Waals surface area contributed by atoms with Crippen LogP contribution in [0.1, 0.15) is 37.7 Å². The number of rotatable bonds is 4. The number of likely N-dealkylation sites (tertiary alicyclic amines) is 1. The van der Waals surface area contributed by atoms with Gasteiger partial charge in [0.05, 0.1) is 18.1 Å². The lowest BCUT2D eigenvalue weighted by Gasteiger charge is -2.36. The van der Waals surface area contributed by atoms with Crippen LogP contribution in [-0.2, 0) is 21.2 Å². The fourth-order valence-corrected chi connectivity index (χ4v) is 6.91. The minimum absolute atomic E-state index is 0.0453. The Hall–Kier alpha value is -1.86. The Balaban J connectivity index is 1.55. The molecule has 2 unspecified atom stereocenters. The van der Waals surface area contributed by atoms with Crippen LogP contribution >= 0.6 is 0 Å². The third-order valence-electron chi connectivity index (χ3n) is 6.66. The van der Waals surface area contributed by atoms with Crippen LogP contribution in [0, 0.1) is 5.92 Å². The predicted molar refractivity (Wildman–Crippen MR) is 117 cm³/mol. The highest BCUT2D eigenvalue weighted by Crippen LogP contribution is 2.36. The second kappa shape index (κ2) is 8.71. The number of carbonyl (C=O) groups is 1. The second-order valence-electron chi connectivity index (χ2n) is 9.06. The maximum atomic E-state index is 13.3. The molecular formula is C23H32N2O4S. The number of para-hydroxylation sites is 1. The summed E-state index contributed by atoms with van der Waals surface area (Å²) in [5, 5.41) is 0. The summed E-state index contributed by atoms with van der Waals surface area (Å²) in [5.74, 6) is 1.20. The van der Waals surface area contributed by atoms with Crippen molar-refractivity contribution in [2.75, 3.05) is 37.7 Å². The van der Waals surface area contributed by atoms with Crippen molar-refractivity contribution in [2.45, 2.75) is 44.2 Å². The zero-order valence-corrected chi connectivity index (χ0v) is 18.4. The van der Waals surface area contributed by atoms with Gasteiger partial charge in [-0.2, -0.15) is 0 Å². The summed E-state index contributed by atoms with van der Waals surface area (Å²) in [7, 11) is -2.98. The molecule has 2 saturated heterocycles. The number of ether oxygens (including phenoxy) is 1. The van der Waals surface area contributed by atoms with Crippen molar-refractivity contribution in [3.8, 4) is 5.75 Å². The molecule has 2 atom stereocenters. The van der Waals surface area contributed by atoms with E-state index in [0.717, 1.165) is 50.2 Å². The Bertz CT molecular complexity index is 900. The third-order valence-corrected chi connectivity index (χ3v) is 8.50. The van der Waals surface area contributed by atoms with Gasteiger partial charge in [0.25, 0.3) is 0 Å². The highest BCUT2D eigenvalue weighted by atomic mass is 32.2. The number of fused-ring (bicyclic) bond motifs is 1. The average Bonchev–Trinajstić information content (AvgIpc) is 2.86. The zero-order valence-electron chi connectivity index (χ0n) is 17.6. The van der Waals surface area contributed by atoms with Crippen molar-refractivity contribution in [2.24, 2.45) is 5.92 Å². The highest BCUT2D eigenvalue weighted by molar-refractivity contribution is 7.91. The van der Waals surface area contributed by atoms with Gasteiger partial charge in [-0.05, 0) is 37.8 Å². The van der Waals surface area contributed by atoms with Crippen molar-refractivity contribution in [1.29, 1.82) is 0 Å². The summed E-state index contributed by atoms with van der Waals surface area (Å²) in [6.45, 7) is 7.72. The molecule has 0 radical (unpaired) electrons. The molecule has 0 saturated carbocycles. The number of carbonyl (C=O) groups excluding carboxylic acids is 1. The van der Waals surface area contributed by atoms with Crippen LogP contribution in [0.2, 0.25) is 0 Å². The van der Waals surface area contributed by atoms with Crippen LogP contribution in [0.25, 0.3) is 0 Å².